The summed E-state index contributed by atoms with van der Waals surface area (Å²) in [5, 5.41) is 0. The molecule has 0 aromatic heterocycles. The first kappa shape index (κ1) is 13.1. The maximum atomic E-state index is 12.0. The first-order valence-corrected chi connectivity index (χ1v) is 6.95. The van der Waals surface area contributed by atoms with Crippen molar-refractivity contribution in [1.82, 2.24) is 0 Å². The van der Waals surface area contributed by atoms with Crippen LogP contribution in [0.4, 0.5) is 0 Å². The Morgan fingerprint density at radius 1 is 1.15 bits per heavy atom. The number of allylic oxidation sites excluding steroid dienone is 2. The Kier molecular flexibility index (Phi) is 2.98. The molecule has 1 atom stereocenters. The highest BCUT2D eigenvalue weighted by Crippen LogP contribution is 2.48. The number of ether oxygens (including phenoxy) is 1. The third-order valence-corrected chi connectivity index (χ3v) is 4.23. The number of benzene rings is 1. The summed E-state index contributed by atoms with van der Waals surface area (Å²) in [5.74, 6) is -0.518. The van der Waals surface area contributed by atoms with E-state index < -0.39 is 11.6 Å². The molecule has 0 saturated carbocycles. The molecule has 0 bridgehead atoms. The second kappa shape index (κ2) is 4.56. The van der Waals surface area contributed by atoms with Gasteiger partial charge in [0.2, 0.25) is 0 Å². The molecule has 0 fully saturated rings. The van der Waals surface area contributed by atoms with Gasteiger partial charge in [0.15, 0.2) is 11.4 Å². The van der Waals surface area contributed by atoms with E-state index >= 15 is 0 Å². The highest BCUT2D eigenvalue weighted by Gasteiger charge is 2.48. The first-order chi connectivity index (χ1) is 9.54. The highest BCUT2D eigenvalue weighted by atomic mass is 79.9. The predicted molar refractivity (Wildman–Crippen MR) is 79.0 cm³/mol. The van der Waals surface area contributed by atoms with E-state index in [1.54, 1.807) is 13.0 Å². The van der Waals surface area contributed by atoms with Crippen LogP contribution in [0.5, 0.6) is 0 Å². The summed E-state index contributed by atoms with van der Waals surface area (Å²) in [6, 6.07) is 9.53. The lowest BCUT2D eigenvalue weighted by Crippen LogP contribution is -2.33. The number of halogens is 1. The molecule has 1 aliphatic carbocycles. The average molecular weight is 331 g/mol. The summed E-state index contributed by atoms with van der Waals surface area (Å²) in [5.41, 5.74) is 1.34. The molecular weight excluding hydrogens is 320 g/mol. The Labute approximate surface area is 124 Å². The van der Waals surface area contributed by atoms with Gasteiger partial charge in [-0.25, -0.2) is 4.79 Å². The third kappa shape index (κ3) is 1.79. The minimum Gasteiger partial charge on any atom is -0.441 e. The summed E-state index contributed by atoms with van der Waals surface area (Å²) < 4.78 is 5.96. The van der Waals surface area contributed by atoms with Gasteiger partial charge in [-0.1, -0.05) is 30.3 Å². The Morgan fingerprint density at radius 3 is 2.50 bits per heavy atom. The quantitative estimate of drug-likeness (QED) is 0.743. The van der Waals surface area contributed by atoms with Crippen LogP contribution in [0.2, 0.25) is 0 Å². The van der Waals surface area contributed by atoms with Crippen molar-refractivity contribution in [3.8, 4) is 0 Å². The van der Waals surface area contributed by atoms with Crippen molar-refractivity contribution in [2.24, 2.45) is 0 Å². The lowest BCUT2D eigenvalue weighted by atomic mass is 9.80. The van der Waals surface area contributed by atoms with Gasteiger partial charge in [0.05, 0.1) is 0 Å². The fraction of sp³-hybridized carbons (Fsp3) is 0.125. The molecule has 0 amide bonds. The molecule has 0 N–H and O–H groups in total. The fourth-order valence-electron chi connectivity index (χ4n) is 2.55. The van der Waals surface area contributed by atoms with E-state index in [9.17, 15) is 9.59 Å². The van der Waals surface area contributed by atoms with Crippen LogP contribution in [0, 0.1) is 0 Å². The van der Waals surface area contributed by atoms with Gasteiger partial charge in [0.1, 0.15) is 4.48 Å². The molecule has 0 radical (unpaired) electrons. The van der Waals surface area contributed by atoms with Crippen molar-refractivity contribution in [3.05, 3.63) is 64.2 Å². The summed E-state index contributed by atoms with van der Waals surface area (Å²) in [7, 11) is 0. The Morgan fingerprint density at radius 2 is 1.85 bits per heavy atom. The molecule has 1 heterocycles. The Bertz CT molecular complexity index is 698. The lowest BCUT2D eigenvalue weighted by Gasteiger charge is -2.30. The molecule has 20 heavy (non-hydrogen) atoms. The number of ketones is 1. The monoisotopic (exact) mass is 330 g/mol. The lowest BCUT2D eigenvalue weighted by molar-refractivity contribution is -0.141. The second-order valence-electron chi connectivity index (χ2n) is 4.74. The SMILES string of the molecule is CC1=CC(=O)C=CC12OC(=O)C(Br)=C2c1ccccc1. The molecule has 0 saturated heterocycles. The fourth-order valence-corrected chi connectivity index (χ4v) is 3.15. The normalized spacial score (nSPS) is 25.2. The smallest absolute Gasteiger partial charge is 0.347 e. The van der Waals surface area contributed by atoms with Crippen molar-refractivity contribution in [2.45, 2.75) is 12.5 Å². The number of esters is 1. The van der Waals surface area contributed by atoms with E-state index in [0.717, 1.165) is 11.1 Å². The molecule has 4 heteroatoms. The summed E-state index contributed by atoms with van der Waals surface area (Å²) in [4.78, 5) is 23.5. The third-order valence-electron chi connectivity index (χ3n) is 3.51. The molecule has 3 nitrogen and oxygen atoms in total. The number of carbonyl (C=O) groups excluding carboxylic acids is 2. The number of carbonyl (C=O) groups is 2. The molecule has 1 aromatic rings. The van der Waals surface area contributed by atoms with Crippen molar-refractivity contribution in [1.29, 1.82) is 0 Å². The van der Waals surface area contributed by atoms with Crippen molar-refractivity contribution >= 4 is 33.3 Å². The van der Waals surface area contributed by atoms with Gasteiger partial charge in [-0.3, -0.25) is 4.79 Å². The van der Waals surface area contributed by atoms with Crippen LogP contribution in [-0.4, -0.2) is 17.4 Å². The first-order valence-electron chi connectivity index (χ1n) is 6.15. The van der Waals surface area contributed by atoms with Gasteiger partial charge in [0.25, 0.3) is 0 Å². The zero-order valence-electron chi connectivity index (χ0n) is 10.7. The topological polar surface area (TPSA) is 43.4 Å². The minimum absolute atomic E-state index is 0.0976. The number of hydrogen-bond acceptors (Lipinski definition) is 3. The van der Waals surface area contributed by atoms with Crippen molar-refractivity contribution in [3.63, 3.8) is 0 Å². The molecule has 2 aliphatic rings. The number of rotatable bonds is 1. The zero-order chi connectivity index (χ0) is 14.3. The van der Waals surface area contributed by atoms with Gasteiger partial charge in [-0.05, 0) is 52.2 Å². The van der Waals surface area contributed by atoms with E-state index in [1.165, 1.54) is 12.2 Å². The zero-order valence-corrected chi connectivity index (χ0v) is 12.3. The van der Waals surface area contributed by atoms with E-state index in [4.69, 9.17) is 4.74 Å². The highest BCUT2D eigenvalue weighted by molar-refractivity contribution is 9.12. The molecule has 1 aliphatic heterocycles. The van der Waals surface area contributed by atoms with Crippen LogP contribution >= 0.6 is 15.9 Å². The van der Waals surface area contributed by atoms with E-state index in [-0.39, 0.29) is 5.78 Å². The van der Waals surface area contributed by atoms with Crippen LogP contribution < -0.4 is 0 Å². The van der Waals surface area contributed by atoms with Crippen LogP contribution in [0.3, 0.4) is 0 Å². The molecule has 100 valence electrons. The standard InChI is InChI=1S/C16H11BrO3/c1-10-9-12(18)7-8-16(10)13(14(17)15(19)20-16)11-5-3-2-4-6-11/h2-9H,1H3. The summed E-state index contributed by atoms with van der Waals surface area (Å²) in [6.45, 7) is 1.79. The van der Waals surface area contributed by atoms with E-state index in [1.807, 2.05) is 30.3 Å². The van der Waals surface area contributed by atoms with E-state index in [0.29, 0.717) is 10.1 Å². The van der Waals surface area contributed by atoms with Gasteiger partial charge < -0.3 is 4.74 Å². The minimum atomic E-state index is -0.981. The molecular formula is C16H11BrO3. The molecule has 1 aromatic carbocycles. The number of hydrogen-bond donors (Lipinski definition) is 0. The van der Waals surface area contributed by atoms with Gasteiger partial charge >= 0.3 is 5.97 Å². The van der Waals surface area contributed by atoms with Crippen LogP contribution in [0.1, 0.15) is 12.5 Å². The van der Waals surface area contributed by atoms with Gasteiger partial charge in [0, 0.05) is 5.57 Å². The van der Waals surface area contributed by atoms with E-state index in [2.05, 4.69) is 15.9 Å². The Hall–Kier alpha value is -1.94. The Balaban J connectivity index is 2.23. The average Bonchev–Trinajstić information content (AvgIpc) is 2.69. The van der Waals surface area contributed by atoms with Crippen molar-refractivity contribution in [2.75, 3.05) is 0 Å². The molecule has 3 rings (SSSR count). The predicted octanol–water partition coefficient (Wildman–Crippen LogP) is 3.17. The van der Waals surface area contributed by atoms with Gasteiger partial charge in [-0.15, -0.1) is 0 Å². The van der Waals surface area contributed by atoms with Crippen LogP contribution in [0.15, 0.2) is 58.6 Å². The largest absolute Gasteiger partial charge is 0.441 e. The second-order valence-corrected chi connectivity index (χ2v) is 5.54. The van der Waals surface area contributed by atoms with Crippen LogP contribution in [-0.2, 0) is 14.3 Å². The molecule has 1 spiro atoms. The molecule has 1 unspecified atom stereocenters. The summed E-state index contributed by atoms with van der Waals surface area (Å²) >= 11 is 3.32. The van der Waals surface area contributed by atoms with Crippen LogP contribution in [0.25, 0.3) is 5.57 Å². The summed E-state index contributed by atoms with van der Waals surface area (Å²) in [6.07, 6.45) is 4.59. The van der Waals surface area contributed by atoms with Gasteiger partial charge in [-0.2, -0.15) is 0 Å². The maximum Gasteiger partial charge on any atom is 0.347 e. The van der Waals surface area contributed by atoms with Crippen molar-refractivity contribution < 1.29 is 14.3 Å². The maximum absolute atomic E-state index is 12.0.